The van der Waals surface area contributed by atoms with E-state index < -0.39 is 10.0 Å². The number of halogens is 1. The molecule has 8 nitrogen and oxygen atoms in total. The molecule has 0 bridgehead atoms. The first-order valence-electron chi connectivity index (χ1n) is 12.4. The molecule has 0 saturated carbocycles. The van der Waals surface area contributed by atoms with E-state index in [2.05, 4.69) is 16.8 Å². The Morgan fingerprint density at radius 3 is 2.41 bits per heavy atom. The highest BCUT2D eigenvalue weighted by Crippen LogP contribution is 2.29. The van der Waals surface area contributed by atoms with Crippen LogP contribution >= 0.6 is 11.6 Å². The maximum Gasteiger partial charge on any atom is 0.248 e. The number of likely N-dealkylation sites (tertiary alicyclic amines) is 1. The van der Waals surface area contributed by atoms with Crippen LogP contribution in [0.2, 0.25) is 5.02 Å². The minimum atomic E-state index is -3.72. The average molecular weight is 513 g/mol. The Hall–Kier alpha value is -1.23. The van der Waals surface area contributed by atoms with Crippen molar-refractivity contribution in [2.75, 3.05) is 66.1 Å². The van der Waals surface area contributed by atoms with Gasteiger partial charge in [-0.15, -0.1) is 0 Å². The normalized spacial score (nSPS) is 24.4. The van der Waals surface area contributed by atoms with Crippen molar-refractivity contribution in [1.82, 2.24) is 19.0 Å². The number of carbonyl (C=O) groups is 1. The summed E-state index contributed by atoms with van der Waals surface area (Å²) in [5.41, 5.74) is 0. The number of hydrogen-bond acceptors (Lipinski definition) is 6. The average Bonchev–Trinajstić information content (AvgIpc) is 2.85. The predicted octanol–water partition coefficient (Wildman–Crippen LogP) is 2.14. The van der Waals surface area contributed by atoms with Gasteiger partial charge in [-0.3, -0.25) is 9.69 Å². The number of amides is 1. The summed E-state index contributed by atoms with van der Waals surface area (Å²) in [4.78, 5) is 19.6. The molecule has 3 aliphatic rings. The molecule has 1 atom stereocenters. The van der Waals surface area contributed by atoms with Gasteiger partial charge in [-0.1, -0.05) is 30.2 Å². The van der Waals surface area contributed by atoms with Gasteiger partial charge in [0.25, 0.3) is 0 Å². The second kappa shape index (κ2) is 11.7. The summed E-state index contributed by atoms with van der Waals surface area (Å²) in [7, 11) is -1.54. The summed E-state index contributed by atoms with van der Waals surface area (Å²) in [5.74, 6) is -0.0145. The molecule has 34 heavy (non-hydrogen) atoms. The molecule has 1 aromatic rings. The summed E-state index contributed by atoms with van der Waals surface area (Å²) >= 11 is 6.18. The third kappa shape index (κ3) is 6.12. The van der Waals surface area contributed by atoms with E-state index in [0.29, 0.717) is 19.0 Å². The molecule has 0 aromatic heterocycles. The fourth-order valence-electron chi connectivity index (χ4n) is 5.31. The van der Waals surface area contributed by atoms with E-state index in [4.69, 9.17) is 16.3 Å². The van der Waals surface area contributed by atoms with Crippen LogP contribution in [0.5, 0.6) is 0 Å². The summed E-state index contributed by atoms with van der Waals surface area (Å²) in [6.45, 7) is 6.20. The molecule has 4 rings (SSSR count). The van der Waals surface area contributed by atoms with Crippen molar-refractivity contribution >= 4 is 27.5 Å². The molecule has 3 fully saturated rings. The molecule has 1 amide bonds. The van der Waals surface area contributed by atoms with Crippen LogP contribution in [0.4, 0.5) is 0 Å². The number of nitrogens with zero attached hydrogens (tertiary/aromatic N) is 4. The third-order valence-electron chi connectivity index (χ3n) is 7.40. The maximum absolute atomic E-state index is 13.2. The number of piperazine rings is 1. The second-order valence-corrected chi connectivity index (χ2v) is 11.9. The quantitative estimate of drug-likeness (QED) is 0.557. The third-order valence-corrected chi connectivity index (χ3v) is 9.86. The van der Waals surface area contributed by atoms with Crippen molar-refractivity contribution < 1.29 is 17.9 Å². The monoisotopic (exact) mass is 512 g/mol. The van der Waals surface area contributed by atoms with Crippen molar-refractivity contribution in [3.63, 3.8) is 0 Å². The number of ether oxygens (including phenoxy) is 1. The summed E-state index contributed by atoms with van der Waals surface area (Å²) in [6, 6.07) is 6.87. The molecule has 1 aromatic carbocycles. The number of carbonyl (C=O) groups excluding carboxylic acids is 1. The van der Waals surface area contributed by atoms with Gasteiger partial charge < -0.3 is 14.5 Å². The van der Waals surface area contributed by atoms with Gasteiger partial charge in [0.15, 0.2) is 0 Å². The fraction of sp³-hybridized carbons (Fsp3) is 0.708. The molecule has 0 N–H and O–H groups in total. The topological polar surface area (TPSA) is 73.4 Å². The zero-order chi connectivity index (χ0) is 24.1. The van der Waals surface area contributed by atoms with E-state index in [-0.39, 0.29) is 35.1 Å². The minimum absolute atomic E-state index is 0.00922. The highest BCUT2D eigenvalue weighted by atomic mass is 35.5. The lowest BCUT2D eigenvalue weighted by molar-refractivity contribution is -0.138. The van der Waals surface area contributed by atoms with Crippen molar-refractivity contribution in [1.29, 1.82) is 0 Å². The van der Waals surface area contributed by atoms with E-state index >= 15 is 0 Å². The van der Waals surface area contributed by atoms with Crippen LogP contribution in [-0.2, 0) is 19.6 Å². The van der Waals surface area contributed by atoms with Gasteiger partial charge in [0.05, 0.1) is 11.6 Å². The lowest BCUT2D eigenvalue weighted by Crippen LogP contribution is -2.54. The SMILES string of the molecule is CN1CCC(N2CCN(C(=O)COCC3CCCCN3S(=O)(=O)c3ccccc3Cl)CC2)CC1. The Labute approximate surface area is 208 Å². The molecule has 0 spiro atoms. The van der Waals surface area contributed by atoms with Crippen molar-refractivity contribution in [3.05, 3.63) is 29.3 Å². The standard InChI is InChI=1S/C24H37ClN4O4S/c1-26-12-9-20(10-13-26)27-14-16-28(17-15-27)24(30)19-33-18-21-6-4-5-11-29(21)34(31,32)23-8-3-2-7-22(23)25/h2-3,7-8,20-21H,4-6,9-19H2,1H3. The Bertz CT molecular complexity index is 931. The molecule has 3 aliphatic heterocycles. The van der Waals surface area contributed by atoms with Gasteiger partial charge in [-0.05, 0) is 58.0 Å². The van der Waals surface area contributed by atoms with E-state index in [0.717, 1.165) is 52.1 Å². The second-order valence-electron chi connectivity index (χ2n) is 9.66. The van der Waals surface area contributed by atoms with Crippen molar-refractivity contribution in [3.8, 4) is 0 Å². The van der Waals surface area contributed by atoms with E-state index in [1.807, 2.05) is 4.90 Å². The van der Waals surface area contributed by atoms with Crippen molar-refractivity contribution in [2.45, 2.75) is 49.1 Å². The van der Waals surface area contributed by atoms with E-state index in [9.17, 15) is 13.2 Å². The summed E-state index contributed by atoms with van der Waals surface area (Å²) in [5, 5.41) is 0.224. The van der Waals surface area contributed by atoms with Crippen LogP contribution in [-0.4, -0.2) is 111 Å². The largest absolute Gasteiger partial charge is 0.370 e. The van der Waals surface area contributed by atoms with E-state index in [1.165, 1.54) is 17.1 Å². The molecule has 1 unspecified atom stereocenters. The molecule has 3 heterocycles. The minimum Gasteiger partial charge on any atom is -0.370 e. The van der Waals surface area contributed by atoms with Gasteiger partial charge in [0, 0.05) is 44.8 Å². The first-order valence-corrected chi connectivity index (χ1v) is 14.2. The zero-order valence-electron chi connectivity index (χ0n) is 20.1. The van der Waals surface area contributed by atoms with Crippen LogP contribution in [0.15, 0.2) is 29.2 Å². The Morgan fingerprint density at radius 2 is 1.71 bits per heavy atom. The van der Waals surface area contributed by atoms with Crippen LogP contribution in [0.1, 0.15) is 32.1 Å². The smallest absolute Gasteiger partial charge is 0.248 e. The molecule has 0 aliphatic carbocycles. The fourth-order valence-corrected chi connectivity index (χ4v) is 7.48. The molecular formula is C24H37ClN4O4S. The molecule has 190 valence electrons. The van der Waals surface area contributed by atoms with Gasteiger partial charge in [0.1, 0.15) is 11.5 Å². The zero-order valence-corrected chi connectivity index (χ0v) is 21.6. The lowest BCUT2D eigenvalue weighted by Gasteiger charge is -2.42. The Morgan fingerprint density at radius 1 is 1.00 bits per heavy atom. The highest BCUT2D eigenvalue weighted by Gasteiger charge is 2.35. The number of benzene rings is 1. The number of sulfonamides is 1. The number of rotatable bonds is 7. The van der Waals surface area contributed by atoms with Gasteiger partial charge in [-0.2, -0.15) is 4.31 Å². The molecule has 3 saturated heterocycles. The Kier molecular flexibility index (Phi) is 8.87. The first-order chi connectivity index (χ1) is 16.4. The molecule has 10 heteroatoms. The number of hydrogen-bond donors (Lipinski definition) is 0. The Balaban J connectivity index is 1.25. The van der Waals surface area contributed by atoms with Gasteiger partial charge in [-0.25, -0.2) is 8.42 Å². The van der Waals surface area contributed by atoms with Gasteiger partial charge in [0.2, 0.25) is 15.9 Å². The first kappa shape index (κ1) is 25.9. The lowest BCUT2D eigenvalue weighted by atomic mass is 10.0. The molecular weight excluding hydrogens is 476 g/mol. The maximum atomic E-state index is 13.2. The summed E-state index contributed by atoms with van der Waals surface area (Å²) in [6.07, 6.45) is 4.86. The van der Waals surface area contributed by atoms with Crippen molar-refractivity contribution in [2.24, 2.45) is 0 Å². The van der Waals surface area contributed by atoms with Crippen LogP contribution < -0.4 is 0 Å². The summed E-state index contributed by atoms with van der Waals surface area (Å²) < 4.78 is 33.8. The van der Waals surface area contributed by atoms with Crippen LogP contribution in [0.25, 0.3) is 0 Å². The van der Waals surface area contributed by atoms with Crippen LogP contribution in [0, 0.1) is 0 Å². The van der Waals surface area contributed by atoms with Gasteiger partial charge >= 0.3 is 0 Å². The predicted molar refractivity (Wildman–Crippen MR) is 132 cm³/mol. The van der Waals surface area contributed by atoms with Crippen LogP contribution in [0.3, 0.4) is 0 Å². The van der Waals surface area contributed by atoms with E-state index in [1.54, 1.807) is 24.3 Å². The number of piperidine rings is 2. The highest BCUT2D eigenvalue weighted by molar-refractivity contribution is 7.89. The molecule has 0 radical (unpaired) electrons.